The largest absolute Gasteiger partial charge is 0.381 e. The minimum atomic E-state index is -1.13. The van der Waals surface area contributed by atoms with Crippen LogP contribution in [0.4, 0.5) is 4.39 Å². The van der Waals surface area contributed by atoms with Crippen molar-refractivity contribution in [1.82, 2.24) is 0 Å². The molecule has 1 unspecified atom stereocenters. The minimum Gasteiger partial charge on any atom is -0.381 e. The number of rotatable bonds is 2. The van der Waals surface area contributed by atoms with Crippen LogP contribution in [0.3, 0.4) is 0 Å². The van der Waals surface area contributed by atoms with Crippen molar-refractivity contribution in [2.24, 2.45) is 0 Å². The normalized spacial score (nSPS) is 14.8. The summed E-state index contributed by atoms with van der Waals surface area (Å²) in [6.07, 6.45) is 0. The van der Waals surface area contributed by atoms with E-state index in [2.05, 4.69) is 0 Å². The average molecular weight is 236 g/mol. The third-order valence-corrected chi connectivity index (χ3v) is 3.62. The van der Waals surface area contributed by atoms with Gasteiger partial charge in [-0.15, -0.1) is 11.3 Å². The first-order chi connectivity index (χ1) is 7.51. The van der Waals surface area contributed by atoms with Crippen LogP contribution in [0.2, 0.25) is 0 Å². The van der Waals surface area contributed by atoms with E-state index in [0.29, 0.717) is 5.56 Å². The molecule has 0 fully saturated rings. The zero-order valence-corrected chi connectivity index (χ0v) is 10.0. The van der Waals surface area contributed by atoms with Crippen molar-refractivity contribution < 1.29 is 9.50 Å². The molecule has 0 saturated heterocycles. The monoisotopic (exact) mass is 236 g/mol. The molecule has 0 aliphatic heterocycles. The van der Waals surface area contributed by atoms with E-state index in [4.69, 9.17) is 0 Å². The highest BCUT2D eigenvalue weighted by atomic mass is 32.1. The van der Waals surface area contributed by atoms with Crippen molar-refractivity contribution in [3.63, 3.8) is 0 Å². The fraction of sp³-hybridized carbons (Fsp3) is 0.231. The molecule has 1 nitrogen and oxygen atoms in total. The predicted octanol–water partition coefficient (Wildman–Crippen LogP) is 3.45. The molecule has 1 heterocycles. The topological polar surface area (TPSA) is 20.2 Å². The highest BCUT2D eigenvalue weighted by Crippen LogP contribution is 2.33. The molecule has 2 aromatic rings. The molecule has 0 spiro atoms. The summed E-state index contributed by atoms with van der Waals surface area (Å²) in [5.41, 5.74) is 0.281. The SMILES string of the molecule is Cc1sccc1C(C)(O)c1cccc(F)c1. The lowest BCUT2D eigenvalue weighted by Gasteiger charge is -2.24. The standard InChI is InChI=1S/C13H13FOS/c1-9-12(6-7-16-9)13(2,15)10-4-3-5-11(14)8-10/h3-8,15H,1-2H3. The van der Waals surface area contributed by atoms with Crippen LogP contribution in [0.25, 0.3) is 0 Å². The zero-order valence-electron chi connectivity index (χ0n) is 9.20. The van der Waals surface area contributed by atoms with Gasteiger partial charge in [0.1, 0.15) is 11.4 Å². The summed E-state index contributed by atoms with van der Waals surface area (Å²) in [4.78, 5) is 1.05. The Balaban J connectivity index is 2.51. The average Bonchev–Trinajstić information content (AvgIpc) is 2.65. The summed E-state index contributed by atoms with van der Waals surface area (Å²) in [6.45, 7) is 3.64. The van der Waals surface area contributed by atoms with Crippen molar-refractivity contribution >= 4 is 11.3 Å². The number of aryl methyl sites for hydroxylation is 1. The van der Waals surface area contributed by atoms with Gasteiger partial charge in [-0.05, 0) is 43.0 Å². The van der Waals surface area contributed by atoms with E-state index >= 15 is 0 Å². The van der Waals surface area contributed by atoms with Gasteiger partial charge in [0.2, 0.25) is 0 Å². The second-order valence-electron chi connectivity index (χ2n) is 3.97. The maximum absolute atomic E-state index is 13.1. The van der Waals surface area contributed by atoms with Crippen LogP contribution < -0.4 is 0 Å². The Labute approximate surface area is 98.2 Å². The molecule has 0 amide bonds. The quantitative estimate of drug-likeness (QED) is 0.846. The molecule has 3 heteroatoms. The number of aliphatic hydroxyl groups is 1. The van der Waals surface area contributed by atoms with Crippen molar-refractivity contribution in [3.8, 4) is 0 Å². The molecule has 84 valence electrons. The second kappa shape index (κ2) is 4.00. The number of hydrogen-bond acceptors (Lipinski definition) is 2. The van der Waals surface area contributed by atoms with Gasteiger partial charge in [0.05, 0.1) is 0 Å². The van der Waals surface area contributed by atoms with Gasteiger partial charge in [-0.25, -0.2) is 4.39 Å². The Morgan fingerprint density at radius 3 is 2.62 bits per heavy atom. The lowest BCUT2D eigenvalue weighted by molar-refractivity contribution is 0.102. The van der Waals surface area contributed by atoms with Crippen LogP contribution in [-0.2, 0) is 5.60 Å². The summed E-state index contributed by atoms with van der Waals surface area (Å²) >= 11 is 1.58. The zero-order chi connectivity index (χ0) is 11.8. The van der Waals surface area contributed by atoms with Crippen LogP contribution in [0.15, 0.2) is 35.7 Å². The van der Waals surface area contributed by atoms with E-state index in [-0.39, 0.29) is 5.82 Å². The van der Waals surface area contributed by atoms with Crippen molar-refractivity contribution in [2.45, 2.75) is 19.4 Å². The van der Waals surface area contributed by atoms with Gasteiger partial charge in [0.15, 0.2) is 0 Å². The molecule has 0 aliphatic rings. The molecule has 1 atom stereocenters. The third-order valence-electron chi connectivity index (χ3n) is 2.77. The molecular formula is C13H13FOS. The lowest BCUT2D eigenvalue weighted by Crippen LogP contribution is -2.23. The van der Waals surface area contributed by atoms with E-state index in [9.17, 15) is 9.50 Å². The summed E-state index contributed by atoms with van der Waals surface area (Å²) in [6, 6.07) is 7.98. The Morgan fingerprint density at radius 2 is 2.06 bits per heavy atom. The van der Waals surface area contributed by atoms with E-state index in [1.165, 1.54) is 12.1 Å². The van der Waals surface area contributed by atoms with Crippen LogP contribution >= 0.6 is 11.3 Å². The number of halogens is 1. The second-order valence-corrected chi connectivity index (χ2v) is 5.09. The van der Waals surface area contributed by atoms with Gasteiger partial charge < -0.3 is 5.11 Å². The number of thiophene rings is 1. The fourth-order valence-corrected chi connectivity index (χ4v) is 2.64. The molecule has 0 aliphatic carbocycles. The maximum Gasteiger partial charge on any atom is 0.123 e. The molecular weight excluding hydrogens is 223 g/mol. The van der Waals surface area contributed by atoms with Gasteiger partial charge >= 0.3 is 0 Å². The third kappa shape index (κ3) is 1.88. The van der Waals surface area contributed by atoms with Gasteiger partial charge in [0, 0.05) is 10.4 Å². The molecule has 1 N–H and O–H groups in total. The van der Waals surface area contributed by atoms with Gasteiger partial charge in [-0.3, -0.25) is 0 Å². The van der Waals surface area contributed by atoms with Crippen molar-refractivity contribution in [1.29, 1.82) is 0 Å². The first-order valence-corrected chi connectivity index (χ1v) is 5.93. The van der Waals surface area contributed by atoms with Gasteiger partial charge in [-0.2, -0.15) is 0 Å². The first-order valence-electron chi connectivity index (χ1n) is 5.05. The summed E-state index contributed by atoms with van der Waals surface area (Å²) in [5, 5.41) is 12.4. The van der Waals surface area contributed by atoms with Crippen LogP contribution in [-0.4, -0.2) is 5.11 Å². The van der Waals surface area contributed by atoms with E-state index in [0.717, 1.165) is 10.4 Å². The molecule has 0 saturated carbocycles. The Bertz CT molecular complexity index is 502. The predicted molar refractivity (Wildman–Crippen MR) is 64.1 cm³/mol. The lowest BCUT2D eigenvalue weighted by atomic mass is 9.89. The highest BCUT2D eigenvalue weighted by Gasteiger charge is 2.28. The fourth-order valence-electron chi connectivity index (χ4n) is 1.84. The maximum atomic E-state index is 13.1. The summed E-state index contributed by atoms with van der Waals surface area (Å²) in [5.74, 6) is -0.328. The highest BCUT2D eigenvalue weighted by molar-refractivity contribution is 7.10. The Morgan fingerprint density at radius 1 is 1.31 bits per heavy atom. The Hall–Kier alpha value is -1.19. The van der Waals surface area contributed by atoms with Crippen LogP contribution in [0.5, 0.6) is 0 Å². The molecule has 1 aromatic carbocycles. The summed E-state index contributed by atoms with van der Waals surface area (Å²) < 4.78 is 13.1. The van der Waals surface area contributed by atoms with Gasteiger partial charge in [-0.1, -0.05) is 12.1 Å². The molecule has 2 rings (SSSR count). The first kappa shape index (κ1) is 11.3. The van der Waals surface area contributed by atoms with E-state index in [1.807, 2.05) is 18.4 Å². The van der Waals surface area contributed by atoms with E-state index in [1.54, 1.807) is 30.4 Å². The van der Waals surface area contributed by atoms with Crippen LogP contribution in [0, 0.1) is 12.7 Å². The number of benzene rings is 1. The van der Waals surface area contributed by atoms with Gasteiger partial charge in [0.25, 0.3) is 0 Å². The van der Waals surface area contributed by atoms with Crippen LogP contribution in [0.1, 0.15) is 22.9 Å². The minimum absolute atomic E-state index is 0.328. The Kier molecular flexibility index (Phi) is 2.82. The van der Waals surface area contributed by atoms with E-state index < -0.39 is 5.60 Å². The van der Waals surface area contributed by atoms with Crippen molar-refractivity contribution in [3.05, 3.63) is 57.5 Å². The molecule has 0 radical (unpaired) electrons. The summed E-state index contributed by atoms with van der Waals surface area (Å²) in [7, 11) is 0. The molecule has 1 aromatic heterocycles. The number of hydrogen-bond donors (Lipinski definition) is 1. The smallest absolute Gasteiger partial charge is 0.123 e. The van der Waals surface area contributed by atoms with Crippen molar-refractivity contribution in [2.75, 3.05) is 0 Å². The molecule has 16 heavy (non-hydrogen) atoms. The molecule has 0 bridgehead atoms.